The van der Waals surface area contributed by atoms with Crippen molar-refractivity contribution < 1.29 is 19.0 Å². The average Bonchev–Trinajstić information content (AvgIpc) is 2.85. The molecule has 0 N–H and O–H groups in total. The van der Waals surface area contributed by atoms with Crippen molar-refractivity contribution in [3.63, 3.8) is 0 Å². The van der Waals surface area contributed by atoms with Crippen LogP contribution in [0.3, 0.4) is 0 Å². The molecule has 1 aromatic rings. The first-order chi connectivity index (χ1) is 8.29. The van der Waals surface area contributed by atoms with Gasteiger partial charge in [-0.05, 0) is 12.1 Å². The van der Waals surface area contributed by atoms with E-state index < -0.39 is 0 Å². The van der Waals surface area contributed by atoms with Crippen molar-refractivity contribution in [2.24, 2.45) is 5.92 Å². The van der Waals surface area contributed by atoms with Crippen LogP contribution in [0.2, 0.25) is 0 Å². The Balaban J connectivity index is 1.78. The third-order valence-corrected chi connectivity index (χ3v) is 2.77. The fourth-order valence-electron chi connectivity index (χ4n) is 1.78. The Labute approximate surface area is 100 Å². The van der Waals surface area contributed by atoms with E-state index in [2.05, 4.69) is 0 Å². The van der Waals surface area contributed by atoms with E-state index in [-0.39, 0.29) is 18.2 Å². The van der Waals surface area contributed by atoms with Crippen molar-refractivity contribution in [3.05, 3.63) is 35.9 Å². The van der Waals surface area contributed by atoms with Gasteiger partial charge in [0.2, 0.25) is 0 Å². The van der Waals surface area contributed by atoms with Crippen molar-refractivity contribution >= 4 is 5.97 Å². The summed E-state index contributed by atoms with van der Waals surface area (Å²) < 4.78 is 15.6. The van der Waals surface area contributed by atoms with Crippen LogP contribution in [-0.2, 0) is 14.2 Å². The zero-order valence-corrected chi connectivity index (χ0v) is 9.80. The van der Waals surface area contributed by atoms with E-state index >= 15 is 0 Å². The van der Waals surface area contributed by atoms with Crippen LogP contribution in [0.5, 0.6) is 0 Å². The molecule has 0 amide bonds. The first-order valence-corrected chi connectivity index (χ1v) is 5.66. The summed E-state index contributed by atoms with van der Waals surface area (Å²) in [5, 5.41) is 0. The van der Waals surface area contributed by atoms with Gasteiger partial charge in [0, 0.05) is 19.4 Å². The van der Waals surface area contributed by atoms with Gasteiger partial charge >= 0.3 is 5.97 Å². The third-order valence-electron chi connectivity index (χ3n) is 2.77. The lowest BCUT2D eigenvalue weighted by Crippen LogP contribution is -2.14. The summed E-state index contributed by atoms with van der Waals surface area (Å²) in [5.74, 6) is -0.0564. The van der Waals surface area contributed by atoms with Crippen molar-refractivity contribution in [1.29, 1.82) is 0 Å². The molecule has 1 aromatic carbocycles. The van der Waals surface area contributed by atoms with Gasteiger partial charge in [0.15, 0.2) is 6.29 Å². The van der Waals surface area contributed by atoms with Crippen LogP contribution in [0.4, 0.5) is 0 Å². The molecule has 4 nitrogen and oxygen atoms in total. The quantitative estimate of drug-likeness (QED) is 0.748. The number of carbonyl (C=O) groups is 1. The maximum absolute atomic E-state index is 11.7. The normalized spacial score (nSPS) is 23.6. The van der Waals surface area contributed by atoms with Gasteiger partial charge in [0.1, 0.15) is 0 Å². The Kier molecular flexibility index (Phi) is 4.12. The molecule has 1 fully saturated rings. The van der Waals surface area contributed by atoms with Crippen LogP contribution >= 0.6 is 0 Å². The largest absolute Gasteiger partial charge is 0.462 e. The van der Waals surface area contributed by atoms with Gasteiger partial charge < -0.3 is 14.2 Å². The fourth-order valence-corrected chi connectivity index (χ4v) is 1.78. The minimum Gasteiger partial charge on any atom is -0.462 e. The van der Waals surface area contributed by atoms with Gasteiger partial charge in [-0.15, -0.1) is 0 Å². The number of ether oxygens (including phenoxy) is 3. The smallest absolute Gasteiger partial charge is 0.338 e. The third kappa shape index (κ3) is 3.28. The van der Waals surface area contributed by atoms with Crippen molar-refractivity contribution in [3.8, 4) is 0 Å². The Bertz CT molecular complexity index is 363. The van der Waals surface area contributed by atoms with Crippen LogP contribution < -0.4 is 0 Å². The van der Waals surface area contributed by atoms with Gasteiger partial charge in [-0.2, -0.15) is 0 Å². The lowest BCUT2D eigenvalue weighted by Gasteiger charge is -2.09. The topological polar surface area (TPSA) is 44.8 Å². The molecule has 2 rings (SSSR count). The lowest BCUT2D eigenvalue weighted by atomic mass is 10.1. The Morgan fingerprint density at radius 2 is 2.18 bits per heavy atom. The number of methoxy groups -OCH3 is 1. The van der Waals surface area contributed by atoms with E-state index in [9.17, 15) is 4.79 Å². The lowest BCUT2D eigenvalue weighted by molar-refractivity contribution is -0.0881. The summed E-state index contributed by atoms with van der Waals surface area (Å²) in [6.07, 6.45) is 0.619. The molecule has 0 saturated carbocycles. The highest BCUT2D eigenvalue weighted by Crippen LogP contribution is 2.20. The summed E-state index contributed by atoms with van der Waals surface area (Å²) in [7, 11) is 1.61. The number of esters is 1. The molecular formula is C13H16O4. The molecule has 0 radical (unpaired) electrons. The monoisotopic (exact) mass is 236 g/mol. The molecule has 1 aliphatic heterocycles. The molecule has 0 spiro atoms. The Morgan fingerprint density at radius 1 is 1.41 bits per heavy atom. The zero-order valence-electron chi connectivity index (χ0n) is 9.80. The zero-order chi connectivity index (χ0) is 12.1. The average molecular weight is 236 g/mol. The van der Waals surface area contributed by atoms with E-state index in [1.165, 1.54) is 0 Å². The van der Waals surface area contributed by atoms with Gasteiger partial charge in [-0.3, -0.25) is 0 Å². The Morgan fingerprint density at radius 3 is 2.82 bits per heavy atom. The fraction of sp³-hybridized carbons (Fsp3) is 0.462. The van der Waals surface area contributed by atoms with E-state index in [0.717, 1.165) is 6.42 Å². The summed E-state index contributed by atoms with van der Waals surface area (Å²) in [5.41, 5.74) is 0.578. The van der Waals surface area contributed by atoms with Crippen molar-refractivity contribution in [1.82, 2.24) is 0 Å². The molecule has 2 unspecified atom stereocenters. The first-order valence-electron chi connectivity index (χ1n) is 5.66. The van der Waals surface area contributed by atoms with Crippen molar-refractivity contribution in [2.75, 3.05) is 20.3 Å². The summed E-state index contributed by atoms with van der Waals surface area (Å²) in [6.45, 7) is 0.966. The van der Waals surface area contributed by atoms with Crippen LogP contribution in [-0.4, -0.2) is 32.6 Å². The van der Waals surface area contributed by atoms with Crippen LogP contribution in [0.25, 0.3) is 0 Å². The molecule has 0 bridgehead atoms. The van der Waals surface area contributed by atoms with E-state index in [4.69, 9.17) is 14.2 Å². The van der Waals surface area contributed by atoms with Crippen LogP contribution in [0, 0.1) is 5.92 Å². The molecule has 1 aliphatic rings. The second-order valence-electron chi connectivity index (χ2n) is 4.06. The second kappa shape index (κ2) is 5.80. The van der Waals surface area contributed by atoms with Gasteiger partial charge in [0.25, 0.3) is 0 Å². The van der Waals surface area contributed by atoms with Gasteiger partial charge in [-0.25, -0.2) is 4.79 Å². The summed E-state index contributed by atoms with van der Waals surface area (Å²) in [4.78, 5) is 11.7. The predicted octanol–water partition coefficient (Wildman–Crippen LogP) is 1.85. The minimum atomic E-state index is -0.286. The number of benzene rings is 1. The number of hydrogen-bond donors (Lipinski definition) is 0. The van der Waals surface area contributed by atoms with Gasteiger partial charge in [-0.1, -0.05) is 18.2 Å². The van der Waals surface area contributed by atoms with Crippen LogP contribution in [0.1, 0.15) is 16.8 Å². The molecule has 1 saturated heterocycles. The summed E-state index contributed by atoms with van der Waals surface area (Å²) >= 11 is 0. The molecular weight excluding hydrogens is 220 g/mol. The SMILES string of the molecule is COC1CC(COC(=O)c2ccccc2)CO1. The molecule has 4 heteroatoms. The maximum Gasteiger partial charge on any atom is 0.338 e. The number of carbonyl (C=O) groups excluding carboxylic acids is 1. The molecule has 0 aliphatic carbocycles. The van der Waals surface area contributed by atoms with E-state index in [1.54, 1.807) is 19.2 Å². The number of hydrogen-bond acceptors (Lipinski definition) is 4. The summed E-state index contributed by atoms with van der Waals surface area (Å²) in [6, 6.07) is 8.98. The molecule has 92 valence electrons. The Hall–Kier alpha value is -1.39. The highest BCUT2D eigenvalue weighted by atomic mass is 16.7. The van der Waals surface area contributed by atoms with Crippen molar-refractivity contribution in [2.45, 2.75) is 12.7 Å². The number of rotatable bonds is 4. The molecule has 0 aromatic heterocycles. The second-order valence-corrected chi connectivity index (χ2v) is 4.06. The molecule has 17 heavy (non-hydrogen) atoms. The highest BCUT2D eigenvalue weighted by Gasteiger charge is 2.26. The standard InChI is InChI=1S/C13H16O4/c1-15-12-7-10(8-16-12)9-17-13(14)11-5-3-2-4-6-11/h2-6,10,12H,7-9H2,1H3. The first kappa shape index (κ1) is 12.1. The van der Waals surface area contributed by atoms with Gasteiger partial charge in [0.05, 0.1) is 18.8 Å². The minimum absolute atomic E-state index is 0.157. The van der Waals surface area contributed by atoms with E-state index in [1.807, 2.05) is 18.2 Å². The predicted molar refractivity (Wildman–Crippen MR) is 61.6 cm³/mol. The molecule has 1 heterocycles. The highest BCUT2D eigenvalue weighted by molar-refractivity contribution is 5.89. The van der Waals surface area contributed by atoms with E-state index in [0.29, 0.717) is 18.8 Å². The van der Waals surface area contributed by atoms with Crippen LogP contribution in [0.15, 0.2) is 30.3 Å². The molecule has 2 atom stereocenters. The maximum atomic E-state index is 11.7.